The van der Waals surface area contributed by atoms with Gasteiger partial charge in [0.1, 0.15) is 6.04 Å². The summed E-state index contributed by atoms with van der Waals surface area (Å²) in [5.41, 5.74) is 5.43. The lowest BCUT2D eigenvalue weighted by Crippen LogP contribution is -3.00. The van der Waals surface area contributed by atoms with Crippen LogP contribution < -0.4 is 18.1 Å². The van der Waals surface area contributed by atoms with Crippen LogP contribution in [-0.2, 0) is 9.53 Å². The first-order valence-electron chi connectivity index (χ1n) is 3.04. The summed E-state index contributed by atoms with van der Waals surface area (Å²) in [6.45, 7) is 0. The van der Waals surface area contributed by atoms with E-state index in [2.05, 4.69) is 4.74 Å². The molecule has 2 N–H and O–H groups in total. The van der Waals surface area contributed by atoms with E-state index in [4.69, 9.17) is 5.73 Å². The minimum atomic E-state index is -0.447. The Balaban J connectivity index is 0. The monoisotopic (exact) mass is 198 g/mol. The zero-order valence-electron chi connectivity index (χ0n) is 6.67. The maximum atomic E-state index is 10.7. The van der Waals surface area contributed by atoms with E-state index in [-0.39, 0.29) is 18.4 Å². The molecular formula is C6H13ClNO2S-. The van der Waals surface area contributed by atoms with Crippen LogP contribution >= 0.6 is 11.8 Å². The van der Waals surface area contributed by atoms with Crippen LogP contribution in [0.5, 0.6) is 0 Å². The van der Waals surface area contributed by atoms with Gasteiger partial charge in [-0.25, -0.2) is 0 Å². The van der Waals surface area contributed by atoms with Crippen molar-refractivity contribution in [1.29, 1.82) is 0 Å². The molecule has 11 heavy (non-hydrogen) atoms. The maximum absolute atomic E-state index is 10.7. The molecule has 0 aromatic carbocycles. The van der Waals surface area contributed by atoms with Gasteiger partial charge in [-0.05, 0) is 18.4 Å². The molecule has 1 atom stereocenters. The first-order chi connectivity index (χ1) is 4.72. The van der Waals surface area contributed by atoms with Gasteiger partial charge in [0.15, 0.2) is 0 Å². The first-order valence-corrected chi connectivity index (χ1v) is 4.44. The molecule has 0 aromatic heterocycles. The molecule has 0 spiro atoms. The van der Waals surface area contributed by atoms with Crippen LogP contribution in [0.4, 0.5) is 0 Å². The molecule has 0 radical (unpaired) electrons. The van der Waals surface area contributed by atoms with Gasteiger partial charge in [-0.1, -0.05) is 0 Å². The van der Waals surface area contributed by atoms with E-state index in [9.17, 15) is 4.79 Å². The van der Waals surface area contributed by atoms with Crippen molar-refractivity contribution in [3.63, 3.8) is 0 Å². The molecule has 0 aliphatic rings. The minimum Gasteiger partial charge on any atom is -1.00 e. The fourth-order valence-electron chi connectivity index (χ4n) is 0.514. The SMILES string of the molecule is COC(=O)C(N)CCSC.[Cl-]. The molecule has 0 bridgehead atoms. The number of halogens is 1. The molecule has 0 amide bonds. The molecule has 1 unspecified atom stereocenters. The van der Waals surface area contributed by atoms with E-state index in [1.807, 2.05) is 6.26 Å². The van der Waals surface area contributed by atoms with Gasteiger partial charge in [-0.2, -0.15) is 11.8 Å². The highest BCUT2D eigenvalue weighted by Gasteiger charge is 2.11. The number of hydrogen-bond donors (Lipinski definition) is 1. The summed E-state index contributed by atoms with van der Waals surface area (Å²) in [5.74, 6) is 0.574. The molecule has 0 aliphatic carbocycles. The lowest BCUT2D eigenvalue weighted by atomic mass is 10.2. The molecule has 0 fully saturated rings. The Morgan fingerprint density at radius 3 is 2.64 bits per heavy atom. The number of carbonyl (C=O) groups excluding carboxylic acids is 1. The van der Waals surface area contributed by atoms with Gasteiger partial charge in [0.2, 0.25) is 0 Å². The number of thioether (sulfide) groups is 1. The average Bonchev–Trinajstić information content (AvgIpc) is 1.98. The predicted octanol–water partition coefficient (Wildman–Crippen LogP) is -2.76. The van der Waals surface area contributed by atoms with Crippen LogP contribution in [0.3, 0.4) is 0 Å². The summed E-state index contributed by atoms with van der Waals surface area (Å²) >= 11 is 1.67. The largest absolute Gasteiger partial charge is 1.00 e. The normalized spacial score (nSPS) is 11.5. The van der Waals surface area contributed by atoms with E-state index < -0.39 is 6.04 Å². The Labute approximate surface area is 77.5 Å². The molecular weight excluding hydrogens is 186 g/mol. The number of esters is 1. The van der Waals surface area contributed by atoms with Gasteiger partial charge >= 0.3 is 5.97 Å². The third kappa shape index (κ3) is 6.47. The smallest absolute Gasteiger partial charge is 0.322 e. The summed E-state index contributed by atoms with van der Waals surface area (Å²) in [4.78, 5) is 10.7. The Morgan fingerprint density at radius 1 is 1.73 bits per heavy atom. The van der Waals surface area contributed by atoms with Crippen LogP contribution in [0.2, 0.25) is 0 Å². The van der Waals surface area contributed by atoms with Crippen LogP contribution in [0.1, 0.15) is 6.42 Å². The Bertz CT molecular complexity index is 113. The van der Waals surface area contributed by atoms with Crippen molar-refractivity contribution in [2.75, 3.05) is 19.1 Å². The average molecular weight is 199 g/mol. The molecule has 3 nitrogen and oxygen atoms in total. The molecule has 0 aromatic rings. The highest BCUT2D eigenvalue weighted by molar-refractivity contribution is 7.98. The van der Waals surface area contributed by atoms with Gasteiger partial charge in [0.05, 0.1) is 7.11 Å². The van der Waals surface area contributed by atoms with E-state index in [1.54, 1.807) is 11.8 Å². The fraction of sp³-hybridized carbons (Fsp3) is 0.833. The van der Waals surface area contributed by atoms with Crippen molar-refractivity contribution in [2.24, 2.45) is 5.73 Å². The first kappa shape index (κ1) is 13.6. The number of hydrogen-bond acceptors (Lipinski definition) is 4. The van der Waals surface area contributed by atoms with Gasteiger partial charge in [-0.3, -0.25) is 4.79 Å². The summed E-state index contributed by atoms with van der Waals surface area (Å²) in [6.07, 6.45) is 2.66. The Morgan fingerprint density at radius 2 is 2.27 bits per heavy atom. The molecule has 0 saturated carbocycles. The van der Waals surface area contributed by atoms with Gasteiger partial charge in [0, 0.05) is 0 Å². The summed E-state index contributed by atoms with van der Waals surface area (Å²) < 4.78 is 4.44. The molecule has 0 heterocycles. The minimum absolute atomic E-state index is 0. The summed E-state index contributed by atoms with van der Waals surface area (Å²) in [7, 11) is 1.35. The summed E-state index contributed by atoms with van der Waals surface area (Å²) in [6, 6.07) is -0.447. The Kier molecular flexibility index (Phi) is 10.1. The van der Waals surface area contributed by atoms with Crippen LogP contribution in [-0.4, -0.2) is 31.1 Å². The van der Waals surface area contributed by atoms with Crippen molar-refractivity contribution >= 4 is 17.7 Å². The third-order valence-electron chi connectivity index (χ3n) is 1.14. The number of nitrogens with two attached hydrogens (primary N) is 1. The van der Waals surface area contributed by atoms with E-state index in [1.165, 1.54) is 7.11 Å². The number of rotatable bonds is 4. The standard InChI is InChI=1S/C6H13NO2S.ClH/c1-9-6(8)5(7)3-4-10-2;/h5H,3-4,7H2,1-2H3;1H/p-1. The van der Waals surface area contributed by atoms with Crippen LogP contribution in [0, 0.1) is 0 Å². The molecule has 0 aliphatic heterocycles. The topological polar surface area (TPSA) is 52.3 Å². The van der Waals surface area contributed by atoms with E-state index in [0.29, 0.717) is 6.42 Å². The molecule has 5 heteroatoms. The highest BCUT2D eigenvalue weighted by atomic mass is 35.5. The fourth-order valence-corrected chi connectivity index (χ4v) is 1.00. The number of carbonyl (C=O) groups is 1. The highest BCUT2D eigenvalue weighted by Crippen LogP contribution is 1.99. The molecule has 68 valence electrons. The molecule has 0 rings (SSSR count). The molecule has 0 saturated heterocycles. The van der Waals surface area contributed by atoms with Crippen LogP contribution in [0.15, 0.2) is 0 Å². The van der Waals surface area contributed by atoms with Crippen molar-refractivity contribution in [3.8, 4) is 0 Å². The van der Waals surface area contributed by atoms with Crippen molar-refractivity contribution in [1.82, 2.24) is 0 Å². The lowest BCUT2D eigenvalue weighted by Gasteiger charge is -2.06. The van der Waals surface area contributed by atoms with Crippen molar-refractivity contribution in [3.05, 3.63) is 0 Å². The zero-order valence-corrected chi connectivity index (χ0v) is 8.24. The number of ether oxygens (including phenoxy) is 1. The number of methoxy groups -OCH3 is 1. The van der Waals surface area contributed by atoms with Crippen molar-refractivity contribution < 1.29 is 21.9 Å². The second-order valence-corrected chi connectivity index (χ2v) is 2.90. The van der Waals surface area contributed by atoms with Crippen LogP contribution in [0.25, 0.3) is 0 Å². The van der Waals surface area contributed by atoms with Gasteiger partial charge < -0.3 is 22.9 Å². The zero-order chi connectivity index (χ0) is 7.98. The predicted molar refractivity (Wildman–Crippen MR) is 43.0 cm³/mol. The van der Waals surface area contributed by atoms with Crippen molar-refractivity contribution in [2.45, 2.75) is 12.5 Å². The summed E-state index contributed by atoms with van der Waals surface area (Å²) in [5, 5.41) is 0. The second kappa shape index (κ2) is 8.17. The lowest BCUT2D eigenvalue weighted by molar-refractivity contribution is -0.142. The second-order valence-electron chi connectivity index (χ2n) is 1.91. The Hall–Kier alpha value is 0.0700. The maximum Gasteiger partial charge on any atom is 0.322 e. The van der Waals surface area contributed by atoms with Gasteiger partial charge in [-0.15, -0.1) is 0 Å². The van der Waals surface area contributed by atoms with E-state index >= 15 is 0 Å². The third-order valence-corrected chi connectivity index (χ3v) is 1.78. The van der Waals surface area contributed by atoms with E-state index in [0.717, 1.165) is 5.75 Å². The quantitative estimate of drug-likeness (QED) is 0.498. The van der Waals surface area contributed by atoms with Gasteiger partial charge in [0.25, 0.3) is 0 Å².